The molecule has 0 saturated carbocycles. The maximum absolute atomic E-state index is 11.3. The number of rotatable bonds is 2. The highest BCUT2D eigenvalue weighted by Gasteiger charge is 2.09. The number of carbonyl (C=O) groups is 1. The lowest BCUT2D eigenvalue weighted by Crippen LogP contribution is -2.16. The van der Waals surface area contributed by atoms with Crippen LogP contribution < -0.4 is 5.32 Å². The maximum Gasteiger partial charge on any atom is 0.262 e. The molecule has 1 N–H and O–H groups in total. The monoisotopic (exact) mass is 218 g/mol. The lowest BCUT2D eigenvalue weighted by atomic mass is 10.2. The molecule has 0 saturated heterocycles. The first-order chi connectivity index (χ1) is 7.31. The van der Waals surface area contributed by atoms with Crippen LogP contribution in [0.5, 0.6) is 0 Å². The molecular weight excluding hydrogens is 208 g/mol. The zero-order valence-electron chi connectivity index (χ0n) is 8.23. The van der Waals surface area contributed by atoms with E-state index in [1.807, 2.05) is 30.3 Å². The summed E-state index contributed by atoms with van der Waals surface area (Å²) in [6.45, 7) is 0. The van der Waals surface area contributed by atoms with Gasteiger partial charge in [0.1, 0.15) is 9.88 Å². The summed E-state index contributed by atoms with van der Waals surface area (Å²) in [7, 11) is 1.62. The van der Waals surface area contributed by atoms with Crippen molar-refractivity contribution in [3.63, 3.8) is 0 Å². The number of nitrogens with one attached hydrogen (secondary N) is 1. The summed E-state index contributed by atoms with van der Waals surface area (Å²) in [6, 6.07) is 9.82. The van der Waals surface area contributed by atoms with Crippen molar-refractivity contribution in [3.05, 3.63) is 41.4 Å². The van der Waals surface area contributed by atoms with Crippen LogP contribution in [0.25, 0.3) is 10.6 Å². The van der Waals surface area contributed by atoms with Gasteiger partial charge in [0.05, 0.1) is 6.20 Å². The first kappa shape index (κ1) is 9.86. The minimum Gasteiger partial charge on any atom is -0.354 e. The number of nitrogens with zero attached hydrogens (tertiary/aromatic N) is 1. The van der Waals surface area contributed by atoms with E-state index in [1.165, 1.54) is 11.3 Å². The molecule has 2 rings (SSSR count). The number of carbonyl (C=O) groups excluding carboxylic acids is 1. The average Bonchev–Trinajstić information content (AvgIpc) is 2.78. The molecule has 1 amide bonds. The van der Waals surface area contributed by atoms with Crippen molar-refractivity contribution in [1.82, 2.24) is 10.3 Å². The lowest BCUT2D eigenvalue weighted by Gasteiger charge is -1.93. The number of hydrogen-bond donors (Lipinski definition) is 1. The van der Waals surface area contributed by atoms with E-state index in [4.69, 9.17) is 0 Å². The minimum absolute atomic E-state index is 0.0883. The van der Waals surface area contributed by atoms with Gasteiger partial charge in [0.25, 0.3) is 5.91 Å². The quantitative estimate of drug-likeness (QED) is 0.839. The summed E-state index contributed by atoms with van der Waals surface area (Å²) in [5.74, 6) is -0.0883. The van der Waals surface area contributed by atoms with Gasteiger partial charge in [-0.3, -0.25) is 4.79 Å². The van der Waals surface area contributed by atoms with E-state index < -0.39 is 0 Å². The third-order valence-electron chi connectivity index (χ3n) is 1.98. The molecule has 0 unspecified atom stereocenters. The predicted molar refractivity (Wildman–Crippen MR) is 60.9 cm³/mol. The van der Waals surface area contributed by atoms with Crippen molar-refractivity contribution in [2.75, 3.05) is 7.05 Å². The van der Waals surface area contributed by atoms with Gasteiger partial charge in [-0.15, -0.1) is 11.3 Å². The second kappa shape index (κ2) is 4.23. The standard InChI is InChI=1S/C11H10N2OS/c1-12-10(14)9-7-13-11(15-9)8-5-3-2-4-6-8/h2-7H,1H3,(H,12,14). The van der Waals surface area contributed by atoms with Crippen LogP contribution in [-0.4, -0.2) is 17.9 Å². The molecule has 0 spiro atoms. The van der Waals surface area contributed by atoms with Crippen molar-refractivity contribution in [3.8, 4) is 10.6 Å². The van der Waals surface area contributed by atoms with Crippen LogP contribution in [0.15, 0.2) is 36.5 Å². The van der Waals surface area contributed by atoms with Gasteiger partial charge in [-0.05, 0) is 0 Å². The Balaban J connectivity index is 2.32. The molecular formula is C11H10N2OS. The van der Waals surface area contributed by atoms with Gasteiger partial charge in [-0.2, -0.15) is 0 Å². The molecule has 0 aliphatic rings. The number of hydrogen-bond acceptors (Lipinski definition) is 3. The first-order valence-electron chi connectivity index (χ1n) is 4.54. The summed E-state index contributed by atoms with van der Waals surface area (Å²) >= 11 is 1.40. The third-order valence-corrected chi connectivity index (χ3v) is 3.02. The Morgan fingerprint density at radius 1 is 1.33 bits per heavy atom. The van der Waals surface area contributed by atoms with E-state index in [9.17, 15) is 4.79 Å². The number of thiazole rings is 1. The van der Waals surface area contributed by atoms with Crippen LogP contribution in [-0.2, 0) is 0 Å². The van der Waals surface area contributed by atoms with Gasteiger partial charge in [0, 0.05) is 12.6 Å². The Bertz CT molecular complexity index is 464. The van der Waals surface area contributed by atoms with Crippen molar-refractivity contribution in [1.29, 1.82) is 0 Å². The molecule has 0 fully saturated rings. The Hall–Kier alpha value is -1.68. The molecule has 1 aromatic heterocycles. The molecule has 15 heavy (non-hydrogen) atoms. The third kappa shape index (κ3) is 2.05. The highest BCUT2D eigenvalue weighted by Crippen LogP contribution is 2.24. The summed E-state index contributed by atoms with van der Waals surface area (Å²) in [5.41, 5.74) is 1.04. The van der Waals surface area contributed by atoms with Crippen molar-refractivity contribution in [2.24, 2.45) is 0 Å². The van der Waals surface area contributed by atoms with Crippen molar-refractivity contribution >= 4 is 17.2 Å². The van der Waals surface area contributed by atoms with Gasteiger partial charge in [0.2, 0.25) is 0 Å². The number of benzene rings is 1. The molecule has 0 bridgehead atoms. The fourth-order valence-electron chi connectivity index (χ4n) is 1.22. The fourth-order valence-corrected chi connectivity index (χ4v) is 2.08. The van der Waals surface area contributed by atoms with Gasteiger partial charge in [-0.25, -0.2) is 4.98 Å². The second-order valence-corrected chi connectivity index (χ2v) is 4.01. The van der Waals surface area contributed by atoms with Crippen LogP contribution >= 0.6 is 11.3 Å². The first-order valence-corrected chi connectivity index (χ1v) is 5.36. The predicted octanol–water partition coefficient (Wildman–Crippen LogP) is 2.17. The molecule has 0 aliphatic carbocycles. The molecule has 2 aromatic rings. The Morgan fingerprint density at radius 2 is 2.07 bits per heavy atom. The summed E-state index contributed by atoms with van der Waals surface area (Å²) in [5, 5.41) is 3.45. The van der Waals surface area contributed by atoms with Crippen LogP contribution in [0, 0.1) is 0 Å². The van der Waals surface area contributed by atoms with E-state index in [1.54, 1.807) is 13.2 Å². The van der Waals surface area contributed by atoms with Crippen molar-refractivity contribution < 1.29 is 4.79 Å². The Morgan fingerprint density at radius 3 is 2.73 bits per heavy atom. The molecule has 0 aliphatic heterocycles. The van der Waals surface area contributed by atoms with Crippen LogP contribution in [0.1, 0.15) is 9.67 Å². The topological polar surface area (TPSA) is 42.0 Å². The van der Waals surface area contributed by atoms with Crippen LogP contribution in [0.3, 0.4) is 0 Å². The largest absolute Gasteiger partial charge is 0.354 e. The molecule has 4 heteroatoms. The normalized spacial score (nSPS) is 9.93. The lowest BCUT2D eigenvalue weighted by molar-refractivity contribution is 0.0967. The van der Waals surface area contributed by atoms with Crippen LogP contribution in [0.2, 0.25) is 0 Å². The Kier molecular flexibility index (Phi) is 2.78. The van der Waals surface area contributed by atoms with E-state index in [0.29, 0.717) is 4.88 Å². The molecule has 3 nitrogen and oxygen atoms in total. The Labute approximate surface area is 91.8 Å². The molecule has 1 heterocycles. The van der Waals surface area contributed by atoms with Crippen LogP contribution in [0.4, 0.5) is 0 Å². The number of aromatic nitrogens is 1. The highest BCUT2D eigenvalue weighted by molar-refractivity contribution is 7.16. The highest BCUT2D eigenvalue weighted by atomic mass is 32.1. The summed E-state index contributed by atoms with van der Waals surface area (Å²) < 4.78 is 0. The molecule has 0 radical (unpaired) electrons. The fraction of sp³-hybridized carbons (Fsp3) is 0.0909. The minimum atomic E-state index is -0.0883. The molecule has 0 atom stereocenters. The van der Waals surface area contributed by atoms with Gasteiger partial charge >= 0.3 is 0 Å². The second-order valence-electron chi connectivity index (χ2n) is 2.97. The van der Waals surface area contributed by atoms with E-state index in [-0.39, 0.29) is 5.91 Å². The van der Waals surface area contributed by atoms with Gasteiger partial charge < -0.3 is 5.32 Å². The molecule has 76 valence electrons. The van der Waals surface area contributed by atoms with Gasteiger partial charge in [-0.1, -0.05) is 30.3 Å². The van der Waals surface area contributed by atoms with Gasteiger partial charge in [0.15, 0.2) is 0 Å². The molecule has 1 aromatic carbocycles. The smallest absolute Gasteiger partial charge is 0.262 e. The number of amides is 1. The average molecular weight is 218 g/mol. The SMILES string of the molecule is CNC(=O)c1cnc(-c2ccccc2)s1. The summed E-state index contributed by atoms with van der Waals surface area (Å²) in [6.07, 6.45) is 1.60. The zero-order valence-corrected chi connectivity index (χ0v) is 9.04. The van der Waals surface area contributed by atoms with E-state index in [2.05, 4.69) is 10.3 Å². The zero-order chi connectivity index (χ0) is 10.7. The van der Waals surface area contributed by atoms with E-state index in [0.717, 1.165) is 10.6 Å². The van der Waals surface area contributed by atoms with Crippen molar-refractivity contribution in [2.45, 2.75) is 0 Å². The maximum atomic E-state index is 11.3. The summed E-state index contributed by atoms with van der Waals surface area (Å²) in [4.78, 5) is 16.2. The van der Waals surface area contributed by atoms with E-state index >= 15 is 0 Å².